The first-order valence-electron chi connectivity index (χ1n) is 9.04. The standard InChI is InChI=1S/C20H25N3O.2ClH/c1-12-3-6-18-15(9-12)16(10-19(22-18)14-4-5-14)20(24)23-17-7-8-21-11-13(17)2;;/h3,6,9-10,13-14,17,21H,4-5,7-8,11H2,1-2H3,(H,23,24);2*1H. The van der Waals surface area contributed by atoms with Crippen LogP contribution >= 0.6 is 24.8 Å². The number of piperidine rings is 1. The van der Waals surface area contributed by atoms with E-state index in [1.807, 2.05) is 12.1 Å². The van der Waals surface area contributed by atoms with Crippen molar-refractivity contribution in [2.24, 2.45) is 5.92 Å². The van der Waals surface area contributed by atoms with Crippen LogP contribution in [-0.4, -0.2) is 30.0 Å². The topological polar surface area (TPSA) is 54.0 Å². The van der Waals surface area contributed by atoms with Crippen molar-refractivity contribution in [3.8, 4) is 0 Å². The van der Waals surface area contributed by atoms with Crippen LogP contribution in [0.15, 0.2) is 24.3 Å². The van der Waals surface area contributed by atoms with Crippen molar-refractivity contribution in [1.82, 2.24) is 15.6 Å². The van der Waals surface area contributed by atoms with Crippen molar-refractivity contribution < 1.29 is 4.79 Å². The lowest BCUT2D eigenvalue weighted by molar-refractivity contribution is 0.0915. The Morgan fingerprint density at radius 1 is 1.19 bits per heavy atom. The van der Waals surface area contributed by atoms with Gasteiger partial charge in [0.2, 0.25) is 0 Å². The van der Waals surface area contributed by atoms with Crippen molar-refractivity contribution in [3.63, 3.8) is 0 Å². The molecule has 2 fully saturated rings. The summed E-state index contributed by atoms with van der Waals surface area (Å²) in [5.74, 6) is 1.05. The fourth-order valence-electron chi connectivity index (χ4n) is 3.61. The van der Waals surface area contributed by atoms with Crippen LogP contribution in [0.25, 0.3) is 10.9 Å². The lowest BCUT2D eigenvalue weighted by atomic mass is 9.94. The number of pyridine rings is 1. The van der Waals surface area contributed by atoms with Gasteiger partial charge in [0.05, 0.1) is 11.1 Å². The van der Waals surface area contributed by atoms with Crippen LogP contribution < -0.4 is 10.6 Å². The maximum atomic E-state index is 13.0. The van der Waals surface area contributed by atoms with Gasteiger partial charge in [-0.25, -0.2) is 0 Å². The predicted octanol–water partition coefficient (Wildman–Crippen LogP) is 3.99. The molecule has 1 aromatic carbocycles. The molecule has 2 N–H and O–H groups in total. The maximum Gasteiger partial charge on any atom is 0.252 e. The molecular formula is C20H27Cl2N3O. The van der Waals surface area contributed by atoms with Crippen molar-refractivity contribution >= 4 is 41.6 Å². The second-order valence-corrected chi connectivity index (χ2v) is 7.44. The third kappa shape index (κ3) is 4.30. The highest BCUT2D eigenvalue weighted by Crippen LogP contribution is 2.40. The first-order chi connectivity index (χ1) is 11.6. The lowest BCUT2D eigenvalue weighted by Gasteiger charge is -2.30. The molecule has 142 valence electrons. The average molecular weight is 396 g/mol. The summed E-state index contributed by atoms with van der Waals surface area (Å²) in [6.07, 6.45) is 3.37. The Kier molecular flexibility index (Phi) is 6.89. The number of carbonyl (C=O) groups excluding carboxylic acids is 1. The molecule has 1 saturated heterocycles. The average Bonchev–Trinajstić information content (AvgIpc) is 3.41. The van der Waals surface area contributed by atoms with Gasteiger partial charge in [-0.3, -0.25) is 9.78 Å². The van der Waals surface area contributed by atoms with Crippen molar-refractivity contribution in [2.75, 3.05) is 13.1 Å². The Hall–Kier alpha value is -1.36. The zero-order valence-electron chi connectivity index (χ0n) is 15.2. The Morgan fingerprint density at radius 3 is 2.65 bits per heavy atom. The molecule has 26 heavy (non-hydrogen) atoms. The zero-order valence-corrected chi connectivity index (χ0v) is 16.9. The van der Waals surface area contributed by atoms with Crippen molar-refractivity contribution in [1.29, 1.82) is 0 Å². The van der Waals surface area contributed by atoms with E-state index in [1.54, 1.807) is 0 Å². The Bertz CT molecular complexity index is 792. The first-order valence-corrected chi connectivity index (χ1v) is 9.04. The second kappa shape index (κ2) is 8.55. The normalized spacial score (nSPS) is 22.2. The molecule has 6 heteroatoms. The molecule has 2 aliphatic rings. The summed E-state index contributed by atoms with van der Waals surface area (Å²) in [7, 11) is 0. The van der Waals surface area contributed by atoms with Crippen molar-refractivity contribution in [2.45, 2.75) is 45.1 Å². The van der Waals surface area contributed by atoms with E-state index >= 15 is 0 Å². The SMILES string of the molecule is Cc1ccc2nc(C3CC3)cc(C(=O)NC3CCNCC3C)c2c1.Cl.Cl. The third-order valence-electron chi connectivity index (χ3n) is 5.33. The summed E-state index contributed by atoms with van der Waals surface area (Å²) < 4.78 is 0. The molecule has 1 aliphatic carbocycles. The fourth-order valence-corrected chi connectivity index (χ4v) is 3.61. The highest BCUT2D eigenvalue weighted by atomic mass is 35.5. The molecule has 2 heterocycles. The molecule has 0 spiro atoms. The molecule has 4 rings (SSSR count). The second-order valence-electron chi connectivity index (χ2n) is 7.44. The van der Waals surface area contributed by atoms with Gasteiger partial charge in [-0.05, 0) is 63.4 Å². The van der Waals surface area contributed by atoms with Gasteiger partial charge in [0.1, 0.15) is 0 Å². The monoisotopic (exact) mass is 395 g/mol. The fraction of sp³-hybridized carbons (Fsp3) is 0.500. The molecule has 2 atom stereocenters. The van der Waals surface area contributed by atoms with E-state index < -0.39 is 0 Å². The van der Waals surface area contributed by atoms with E-state index in [0.29, 0.717) is 11.8 Å². The van der Waals surface area contributed by atoms with Crippen LogP contribution in [0.5, 0.6) is 0 Å². The van der Waals surface area contributed by atoms with E-state index in [4.69, 9.17) is 4.98 Å². The highest BCUT2D eigenvalue weighted by Gasteiger charge is 2.28. The maximum absolute atomic E-state index is 13.0. The lowest BCUT2D eigenvalue weighted by Crippen LogP contribution is -2.48. The Morgan fingerprint density at radius 2 is 1.96 bits per heavy atom. The van der Waals surface area contributed by atoms with E-state index in [2.05, 4.69) is 36.6 Å². The van der Waals surface area contributed by atoms with Crippen LogP contribution in [0.2, 0.25) is 0 Å². The summed E-state index contributed by atoms with van der Waals surface area (Å²) in [6.45, 7) is 6.19. The van der Waals surface area contributed by atoms with Crippen molar-refractivity contribution in [3.05, 3.63) is 41.1 Å². The number of amides is 1. The number of rotatable bonds is 3. The molecule has 2 unspecified atom stereocenters. The summed E-state index contributed by atoms with van der Waals surface area (Å²) in [5, 5.41) is 7.63. The molecular weight excluding hydrogens is 369 g/mol. The van der Waals surface area contributed by atoms with Gasteiger partial charge in [-0.1, -0.05) is 18.6 Å². The minimum Gasteiger partial charge on any atom is -0.349 e. The number of benzene rings is 1. The van der Waals surface area contributed by atoms with Gasteiger partial charge in [0.15, 0.2) is 0 Å². The van der Waals surface area contributed by atoms with Gasteiger partial charge < -0.3 is 10.6 Å². The van der Waals surface area contributed by atoms with Gasteiger partial charge in [0.25, 0.3) is 5.91 Å². The van der Waals surface area contributed by atoms with Gasteiger partial charge in [-0.15, -0.1) is 24.8 Å². The quantitative estimate of drug-likeness (QED) is 0.825. The van der Waals surface area contributed by atoms with E-state index in [9.17, 15) is 4.79 Å². The third-order valence-corrected chi connectivity index (χ3v) is 5.33. The number of aromatic nitrogens is 1. The summed E-state index contributed by atoms with van der Waals surface area (Å²) in [4.78, 5) is 17.8. The van der Waals surface area contributed by atoms with Gasteiger partial charge in [0, 0.05) is 23.0 Å². The van der Waals surface area contributed by atoms with Crippen LogP contribution in [0.3, 0.4) is 0 Å². The van der Waals surface area contributed by atoms with Gasteiger partial charge >= 0.3 is 0 Å². The van der Waals surface area contributed by atoms with Crippen LogP contribution in [0, 0.1) is 12.8 Å². The van der Waals surface area contributed by atoms with E-state index in [1.165, 1.54) is 12.8 Å². The minimum absolute atomic E-state index is 0. The molecule has 1 aliphatic heterocycles. The molecule has 0 radical (unpaired) electrons. The number of fused-ring (bicyclic) bond motifs is 1. The number of hydrogen-bond acceptors (Lipinski definition) is 3. The summed E-state index contributed by atoms with van der Waals surface area (Å²) in [5.41, 5.74) is 3.97. The molecule has 0 bridgehead atoms. The smallest absolute Gasteiger partial charge is 0.252 e. The number of aryl methyl sites for hydroxylation is 1. The highest BCUT2D eigenvalue weighted by molar-refractivity contribution is 6.06. The molecule has 4 nitrogen and oxygen atoms in total. The Balaban J connectivity index is 0.00000121. The number of nitrogens with one attached hydrogen (secondary N) is 2. The van der Waals surface area contributed by atoms with Crippen LogP contribution in [0.4, 0.5) is 0 Å². The number of halogens is 2. The first kappa shape index (κ1) is 20.9. The number of carbonyl (C=O) groups is 1. The number of nitrogens with zero attached hydrogens (tertiary/aromatic N) is 1. The zero-order chi connectivity index (χ0) is 16.7. The van der Waals surface area contributed by atoms with Gasteiger partial charge in [-0.2, -0.15) is 0 Å². The molecule has 2 aromatic rings. The predicted molar refractivity (Wildman–Crippen MR) is 111 cm³/mol. The summed E-state index contributed by atoms with van der Waals surface area (Å²) in [6, 6.07) is 8.47. The largest absolute Gasteiger partial charge is 0.349 e. The number of hydrogen-bond donors (Lipinski definition) is 2. The van der Waals surface area contributed by atoms with E-state index in [0.717, 1.165) is 47.2 Å². The van der Waals surface area contributed by atoms with Crippen LogP contribution in [0.1, 0.15) is 53.7 Å². The molecule has 1 saturated carbocycles. The van der Waals surface area contributed by atoms with Crippen LogP contribution in [-0.2, 0) is 0 Å². The van der Waals surface area contributed by atoms with E-state index in [-0.39, 0.29) is 36.8 Å². The summed E-state index contributed by atoms with van der Waals surface area (Å²) >= 11 is 0. The Labute approximate surface area is 167 Å². The minimum atomic E-state index is 0. The molecule has 1 aromatic heterocycles. The molecule has 1 amide bonds.